The maximum atomic E-state index is 12.4. The van der Waals surface area contributed by atoms with Crippen LogP contribution in [0.25, 0.3) is 0 Å². The van der Waals surface area contributed by atoms with E-state index in [1.165, 1.54) is 23.8 Å². The molecule has 25 heavy (non-hydrogen) atoms. The van der Waals surface area contributed by atoms with Gasteiger partial charge in [0.15, 0.2) is 0 Å². The van der Waals surface area contributed by atoms with Gasteiger partial charge in [0.1, 0.15) is 0 Å². The molecular formula is C20H26N2O2S. The number of carbonyl (C=O) groups is 2. The van der Waals surface area contributed by atoms with Crippen molar-refractivity contribution in [3.05, 3.63) is 57.8 Å². The van der Waals surface area contributed by atoms with Crippen molar-refractivity contribution in [3.8, 4) is 0 Å². The van der Waals surface area contributed by atoms with Gasteiger partial charge in [0.05, 0.1) is 18.5 Å². The van der Waals surface area contributed by atoms with Gasteiger partial charge in [0.2, 0.25) is 11.8 Å². The number of hydrogen-bond acceptors (Lipinski definition) is 3. The van der Waals surface area contributed by atoms with Gasteiger partial charge in [-0.25, -0.2) is 0 Å². The maximum absolute atomic E-state index is 12.4. The molecule has 2 atom stereocenters. The van der Waals surface area contributed by atoms with E-state index in [-0.39, 0.29) is 30.3 Å². The Morgan fingerprint density at radius 2 is 1.64 bits per heavy atom. The second-order valence-electron chi connectivity index (χ2n) is 6.58. The molecule has 0 radical (unpaired) electrons. The lowest BCUT2D eigenvalue weighted by atomic mass is 9.99. The normalized spacial score (nSPS) is 13.3. The number of rotatable bonds is 7. The minimum atomic E-state index is -0.284. The van der Waals surface area contributed by atoms with Crippen molar-refractivity contribution in [2.45, 2.75) is 52.1 Å². The number of thiophene rings is 1. The highest BCUT2D eigenvalue weighted by molar-refractivity contribution is 7.10. The van der Waals surface area contributed by atoms with E-state index in [2.05, 4.69) is 48.7 Å². The van der Waals surface area contributed by atoms with Gasteiger partial charge in [-0.05, 0) is 35.4 Å². The summed E-state index contributed by atoms with van der Waals surface area (Å²) in [6.45, 7) is 7.76. The minimum absolute atomic E-state index is 0.0740. The Labute approximate surface area is 153 Å². The van der Waals surface area contributed by atoms with Gasteiger partial charge < -0.3 is 10.6 Å². The largest absolute Gasteiger partial charge is 0.350 e. The summed E-state index contributed by atoms with van der Waals surface area (Å²) in [5.74, 6) is 0.277. The highest BCUT2D eigenvalue weighted by Crippen LogP contribution is 2.23. The first-order valence-corrected chi connectivity index (χ1v) is 9.44. The fourth-order valence-corrected chi connectivity index (χ4v) is 3.47. The molecule has 5 heteroatoms. The van der Waals surface area contributed by atoms with Gasteiger partial charge >= 0.3 is 0 Å². The van der Waals surface area contributed by atoms with Crippen molar-refractivity contribution in [1.82, 2.24) is 10.6 Å². The predicted octanol–water partition coefficient (Wildman–Crippen LogP) is 4.32. The summed E-state index contributed by atoms with van der Waals surface area (Å²) in [6, 6.07) is 11.8. The number of hydrogen-bond donors (Lipinski definition) is 2. The quantitative estimate of drug-likeness (QED) is 0.774. The van der Waals surface area contributed by atoms with Gasteiger partial charge in [-0.1, -0.05) is 44.2 Å². The van der Waals surface area contributed by atoms with Crippen molar-refractivity contribution >= 4 is 23.2 Å². The lowest BCUT2D eigenvalue weighted by Gasteiger charge is -2.19. The topological polar surface area (TPSA) is 58.2 Å². The van der Waals surface area contributed by atoms with E-state index in [0.29, 0.717) is 5.92 Å². The summed E-state index contributed by atoms with van der Waals surface area (Å²) >= 11 is 1.54. The summed E-state index contributed by atoms with van der Waals surface area (Å²) in [7, 11) is 0. The number of nitrogens with one attached hydrogen (secondary N) is 2. The van der Waals surface area contributed by atoms with Crippen molar-refractivity contribution in [2.75, 3.05) is 0 Å². The Bertz CT molecular complexity index is 693. The van der Waals surface area contributed by atoms with Crippen molar-refractivity contribution in [3.63, 3.8) is 0 Å². The second-order valence-corrected chi connectivity index (χ2v) is 7.56. The third kappa shape index (κ3) is 5.71. The molecule has 0 spiro atoms. The summed E-state index contributed by atoms with van der Waals surface area (Å²) < 4.78 is 0. The predicted molar refractivity (Wildman–Crippen MR) is 103 cm³/mol. The van der Waals surface area contributed by atoms with Crippen LogP contribution in [0.3, 0.4) is 0 Å². The Balaban J connectivity index is 1.98. The van der Waals surface area contributed by atoms with Crippen LogP contribution in [-0.2, 0) is 9.59 Å². The molecule has 4 nitrogen and oxygen atoms in total. The van der Waals surface area contributed by atoms with Crippen LogP contribution < -0.4 is 10.6 Å². The number of carbonyl (C=O) groups excluding carboxylic acids is 2. The first-order valence-electron chi connectivity index (χ1n) is 8.56. The fourth-order valence-electron chi connectivity index (χ4n) is 2.70. The molecule has 0 saturated heterocycles. The zero-order valence-electron chi connectivity index (χ0n) is 15.2. The van der Waals surface area contributed by atoms with Gasteiger partial charge in [-0.2, -0.15) is 0 Å². The Morgan fingerprint density at radius 3 is 2.16 bits per heavy atom. The molecule has 1 aromatic carbocycles. The molecule has 0 saturated carbocycles. The molecule has 2 rings (SSSR count). The summed E-state index contributed by atoms with van der Waals surface area (Å²) in [5, 5.41) is 7.83. The number of benzene rings is 1. The Hall–Kier alpha value is -2.14. The third-order valence-electron chi connectivity index (χ3n) is 4.13. The molecule has 2 amide bonds. The zero-order valence-corrected chi connectivity index (χ0v) is 16.0. The lowest BCUT2D eigenvalue weighted by Crippen LogP contribution is -2.33. The van der Waals surface area contributed by atoms with Crippen LogP contribution in [0.15, 0.2) is 41.8 Å². The van der Waals surface area contributed by atoms with Crippen molar-refractivity contribution in [1.29, 1.82) is 0 Å². The maximum Gasteiger partial charge on any atom is 0.222 e. The summed E-state index contributed by atoms with van der Waals surface area (Å²) in [6.07, 6.45) is 0.231. The van der Waals surface area contributed by atoms with Crippen LogP contribution in [-0.4, -0.2) is 11.8 Å². The molecule has 1 heterocycles. The van der Waals surface area contributed by atoms with Crippen LogP contribution in [0.2, 0.25) is 0 Å². The molecule has 0 bridgehead atoms. The van der Waals surface area contributed by atoms with Crippen LogP contribution in [0, 0.1) is 0 Å². The first kappa shape index (κ1) is 19.2. The first-order chi connectivity index (χ1) is 11.9. The van der Waals surface area contributed by atoms with Gasteiger partial charge in [-0.15, -0.1) is 11.3 Å². The van der Waals surface area contributed by atoms with E-state index < -0.39 is 0 Å². The van der Waals surface area contributed by atoms with E-state index in [1.54, 1.807) is 0 Å². The summed E-state index contributed by atoms with van der Waals surface area (Å²) in [5.41, 5.74) is 2.36. The standard InChI is InChI=1S/C20H26N2O2S/c1-13(2)16-7-9-17(10-8-16)14(3)21-20(24)12-18(22-15(4)23)19-6-5-11-25-19/h5-11,13-14,18H,12H2,1-4H3,(H,21,24)(H,22,23)/t14-,18+/m1/s1. The van der Waals surface area contributed by atoms with Crippen molar-refractivity contribution < 1.29 is 9.59 Å². The van der Waals surface area contributed by atoms with Gasteiger partial charge in [-0.3, -0.25) is 9.59 Å². The Morgan fingerprint density at radius 1 is 1.00 bits per heavy atom. The monoisotopic (exact) mass is 358 g/mol. The zero-order chi connectivity index (χ0) is 18.4. The average Bonchev–Trinajstić information content (AvgIpc) is 3.08. The average molecular weight is 359 g/mol. The molecule has 0 aliphatic heterocycles. The van der Waals surface area contributed by atoms with E-state index in [9.17, 15) is 9.59 Å². The fraction of sp³-hybridized carbons (Fsp3) is 0.400. The molecule has 2 N–H and O–H groups in total. The van der Waals surface area contributed by atoms with Gasteiger partial charge in [0.25, 0.3) is 0 Å². The van der Waals surface area contributed by atoms with Crippen LogP contribution >= 0.6 is 11.3 Å². The SMILES string of the molecule is CC(=O)N[C@@H](CC(=O)N[C@H](C)c1ccc(C(C)C)cc1)c1cccs1. The second kappa shape index (κ2) is 8.81. The highest BCUT2D eigenvalue weighted by Gasteiger charge is 2.19. The molecule has 2 aromatic rings. The molecule has 0 unspecified atom stereocenters. The minimum Gasteiger partial charge on any atom is -0.350 e. The van der Waals surface area contributed by atoms with E-state index in [0.717, 1.165) is 10.4 Å². The lowest BCUT2D eigenvalue weighted by molar-refractivity contribution is -0.123. The molecule has 0 aliphatic carbocycles. The van der Waals surface area contributed by atoms with E-state index in [1.807, 2.05) is 24.4 Å². The van der Waals surface area contributed by atoms with Gasteiger partial charge in [0, 0.05) is 11.8 Å². The number of amides is 2. The van der Waals surface area contributed by atoms with Crippen molar-refractivity contribution in [2.24, 2.45) is 0 Å². The van der Waals surface area contributed by atoms with Crippen LogP contribution in [0.5, 0.6) is 0 Å². The smallest absolute Gasteiger partial charge is 0.222 e. The van der Waals surface area contributed by atoms with Crippen LogP contribution in [0.1, 0.15) is 68.1 Å². The molecular weight excluding hydrogens is 332 g/mol. The highest BCUT2D eigenvalue weighted by atomic mass is 32.1. The Kier molecular flexibility index (Phi) is 6.76. The molecule has 0 aliphatic rings. The third-order valence-corrected chi connectivity index (χ3v) is 5.12. The molecule has 0 fully saturated rings. The molecule has 134 valence electrons. The van der Waals surface area contributed by atoms with E-state index in [4.69, 9.17) is 0 Å². The molecule has 1 aromatic heterocycles. The summed E-state index contributed by atoms with van der Waals surface area (Å²) in [4.78, 5) is 24.8. The van der Waals surface area contributed by atoms with Crippen LogP contribution in [0.4, 0.5) is 0 Å². The van der Waals surface area contributed by atoms with E-state index >= 15 is 0 Å².